The fraction of sp³-hybridized carbons (Fsp3) is 0.350. The van der Waals surface area contributed by atoms with Crippen molar-refractivity contribution in [3.8, 4) is 17.2 Å². The summed E-state index contributed by atoms with van der Waals surface area (Å²) in [6.07, 6.45) is -0.235. The van der Waals surface area contributed by atoms with Gasteiger partial charge in [-0.15, -0.1) is 0 Å². The third-order valence-corrected chi connectivity index (χ3v) is 5.80. The smallest absolute Gasteiger partial charge is 0.306 e. The predicted molar refractivity (Wildman–Crippen MR) is 102 cm³/mol. The molecule has 1 aliphatic heterocycles. The van der Waals surface area contributed by atoms with E-state index in [0.29, 0.717) is 30.5 Å². The molecule has 1 aliphatic rings. The summed E-state index contributed by atoms with van der Waals surface area (Å²) in [4.78, 5) is 11.9. The Balaban J connectivity index is 1.43. The Morgan fingerprint density at radius 1 is 1.00 bits per heavy atom. The van der Waals surface area contributed by atoms with Gasteiger partial charge in [-0.25, -0.2) is 8.42 Å². The zero-order valence-electron chi connectivity index (χ0n) is 15.6. The van der Waals surface area contributed by atoms with Crippen molar-refractivity contribution in [3.63, 3.8) is 0 Å². The van der Waals surface area contributed by atoms with E-state index in [1.54, 1.807) is 6.07 Å². The molecule has 0 unspecified atom stereocenters. The Kier molecular flexibility index (Phi) is 6.41. The van der Waals surface area contributed by atoms with Crippen molar-refractivity contribution >= 4 is 15.8 Å². The first-order valence-corrected chi connectivity index (χ1v) is 10.6. The second-order valence-corrected chi connectivity index (χ2v) is 8.37. The fourth-order valence-corrected chi connectivity index (χ4v) is 3.81. The van der Waals surface area contributed by atoms with Gasteiger partial charge in [-0.1, -0.05) is 17.7 Å². The van der Waals surface area contributed by atoms with Gasteiger partial charge in [0.05, 0.1) is 17.1 Å². The van der Waals surface area contributed by atoms with Crippen LogP contribution in [-0.2, 0) is 19.4 Å². The van der Waals surface area contributed by atoms with Gasteiger partial charge in [0.25, 0.3) is 0 Å². The first-order chi connectivity index (χ1) is 13.4. The first-order valence-electron chi connectivity index (χ1n) is 8.91. The molecule has 150 valence electrons. The number of carbonyl (C=O) groups excluding carboxylic acids is 1. The van der Waals surface area contributed by atoms with Crippen LogP contribution in [0.4, 0.5) is 0 Å². The van der Waals surface area contributed by atoms with Gasteiger partial charge in [-0.3, -0.25) is 4.79 Å². The zero-order chi connectivity index (χ0) is 20.0. The zero-order valence-corrected chi connectivity index (χ0v) is 16.4. The summed E-state index contributed by atoms with van der Waals surface area (Å²) in [6.45, 7) is 3.02. The summed E-state index contributed by atoms with van der Waals surface area (Å²) in [5.74, 6) is 0.655. The Morgan fingerprint density at radius 3 is 2.46 bits per heavy atom. The van der Waals surface area contributed by atoms with Crippen LogP contribution in [0, 0.1) is 6.92 Å². The highest BCUT2D eigenvalue weighted by Gasteiger charge is 2.21. The maximum atomic E-state index is 12.4. The van der Waals surface area contributed by atoms with Gasteiger partial charge < -0.3 is 18.9 Å². The van der Waals surface area contributed by atoms with E-state index in [9.17, 15) is 13.2 Å². The SMILES string of the molecule is Cc1ccc(OCCOC(=O)CCS(=O)(=O)c2ccc3c(c2)OCCO3)cc1. The summed E-state index contributed by atoms with van der Waals surface area (Å²) >= 11 is 0. The number of esters is 1. The maximum Gasteiger partial charge on any atom is 0.306 e. The molecule has 0 aromatic heterocycles. The molecule has 28 heavy (non-hydrogen) atoms. The average Bonchev–Trinajstić information content (AvgIpc) is 2.70. The molecule has 0 aliphatic carbocycles. The number of ether oxygens (including phenoxy) is 4. The number of carbonyl (C=O) groups is 1. The van der Waals surface area contributed by atoms with E-state index in [2.05, 4.69) is 0 Å². The Morgan fingerprint density at radius 2 is 1.71 bits per heavy atom. The molecule has 0 bridgehead atoms. The van der Waals surface area contributed by atoms with Gasteiger partial charge >= 0.3 is 5.97 Å². The highest BCUT2D eigenvalue weighted by atomic mass is 32.2. The molecule has 0 saturated carbocycles. The number of sulfone groups is 1. The normalized spacial score (nSPS) is 13.0. The van der Waals surface area contributed by atoms with E-state index in [4.69, 9.17) is 18.9 Å². The molecule has 1 heterocycles. The van der Waals surface area contributed by atoms with Crippen LogP contribution in [0.1, 0.15) is 12.0 Å². The number of aryl methyl sites for hydroxylation is 1. The summed E-state index contributed by atoms with van der Waals surface area (Å²) in [6, 6.07) is 11.9. The molecular weight excluding hydrogens is 384 g/mol. The largest absolute Gasteiger partial charge is 0.490 e. The highest BCUT2D eigenvalue weighted by Crippen LogP contribution is 2.32. The number of hydrogen-bond acceptors (Lipinski definition) is 7. The van der Waals surface area contributed by atoms with Gasteiger partial charge in [0.2, 0.25) is 0 Å². The monoisotopic (exact) mass is 406 g/mol. The molecule has 7 nitrogen and oxygen atoms in total. The molecule has 8 heteroatoms. The second kappa shape index (κ2) is 8.97. The second-order valence-electron chi connectivity index (χ2n) is 6.26. The molecule has 2 aromatic carbocycles. The minimum atomic E-state index is -3.63. The van der Waals surface area contributed by atoms with Crippen LogP contribution < -0.4 is 14.2 Å². The average molecular weight is 406 g/mol. The Labute approximate surface area is 164 Å². The number of hydrogen-bond donors (Lipinski definition) is 0. The minimum Gasteiger partial charge on any atom is -0.490 e. The van der Waals surface area contributed by atoms with Crippen LogP contribution in [0.15, 0.2) is 47.4 Å². The lowest BCUT2D eigenvalue weighted by Crippen LogP contribution is -2.18. The van der Waals surface area contributed by atoms with Crippen LogP contribution in [0.5, 0.6) is 17.2 Å². The molecule has 0 saturated heterocycles. The van der Waals surface area contributed by atoms with Crippen molar-refractivity contribution in [1.29, 1.82) is 0 Å². The molecule has 2 aromatic rings. The third kappa shape index (κ3) is 5.39. The van der Waals surface area contributed by atoms with Gasteiger partial charge in [0.1, 0.15) is 32.2 Å². The van der Waals surface area contributed by atoms with Crippen LogP contribution >= 0.6 is 0 Å². The summed E-state index contributed by atoms with van der Waals surface area (Å²) in [5, 5.41) is 0. The van der Waals surface area contributed by atoms with Crippen molar-refractivity contribution in [3.05, 3.63) is 48.0 Å². The molecular formula is C20H22O7S. The molecule has 3 rings (SSSR count). The van der Waals surface area contributed by atoms with Crippen LogP contribution in [0.2, 0.25) is 0 Å². The van der Waals surface area contributed by atoms with E-state index < -0.39 is 15.8 Å². The van der Waals surface area contributed by atoms with E-state index >= 15 is 0 Å². The highest BCUT2D eigenvalue weighted by molar-refractivity contribution is 7.91. The van der Waals surface area contributed by atoms with Crippen LogP contribution in [-0.4, -0.2) is 46.6 Å². The summed E-state index contributed by atoms with van der Waals surface area (Å²) in [7, 11) is -3.63. The quantitative estimate of drug-likeness (QED) is 0.492. The number of rotatable bonds is 8. The van der Waals surface area contributed by atoms with Crippen LogP contribution in [0.3, 0.4) is 0 Å². The maximum absolute atomic E-state index is 12.4. The topological polar surface area (TPSA) is 88.1 Å². The lowest BCUT2D eigenvalue weighted by molar-refractivity contribution is -0.143. The van der Waals surface area contributed by atoms with Gasteiger partial charge in [0.15, 0.2) is 21.3 Å². The number of benzene rings is 2. The molecule has 0 atom stereocenters. The number of fused-ring (bicyclic) bond motifs is 1. The standard InChI is InChI=1S/C20H22O7S/c1-15-2-4-16(5-3-15)24-9-12-27-20(21)8-13-28(22,23)17-6-7-18-19(14-17)26-11-10-25-18/h2-7,14H,8-13H2,1H3. The van der Waals surface area contributed by atoms with E-state index in [1.807, 2.05) is 31.2 Å². The van der Waals surface area contributed by atoms with Gasteiger partial charge in [-0.2, -0.15) is 0 Å². The lowest BCUT2D eigenvalue weighted by atomic mass is 10.2. The fourth-order valence-electron chi connectivity index (χ4n) is 2.57. The molecule has 0 spiro atoms. The molecule has 0 amide bonds. The molecule has 0 fully saturated rings. The Hall–Kier alpha value is -2.74. The minimum absolute atomic E-state index is 0.0524. The summed E-state index contributed by atoms with van der Waals surface area (Å²) < 4.78 is 46.1. The lowest BCUT2D eigenvalue weighted by Gasteiger charge is -2.18. The molecule has 0 radical (unpaired) electrons. The van der Waals surface area contributed by atoms with Crippen LogP contribution in [0.25, 0.3) is 0 Å². The van der Waals surface area contributed by atoms with Gasteiger partial charge in [-0.05, 0) is 31.2 Å². The van der Waals surface area contributed by atoms with Crippen molar-refractivity contribution in [2.24, 2.45) is 0 Å². The van der Waals surface area contributed by atoms with Crippen molar-refractivity contribution < 1.29 is 32.2 Å². The first kappa shape index (κ1) is 20.0. The van der Waals surface area contributed by atoms with E-state index in [1.165, 1.54) is 12.1 Å². The van der Waals surface area contributed by atoms with Crippen molar-refractivity contribution in [2.45, 2.75) is 18.2 Å². The van der Waals surface area contributed by atoms with Gasteiger partial charge in [0, 0.05) is 6.07 Å². The van der Waals surface area contributed by atoms with Crippen molar-refractivity contribution in [1.82, 2.24) is 0 Å². The van der Waals surface area contributed by atoms with E-state index in [0.717, 1.165) is 5.56 Å². The third-order valence-electron chi connectivity index (χ3n) is 4.08. The van der Waals surface area contributed by atoms with E-state index in [-0.39, 0.29) is 30.3 Å². The van der Waals surface area contributed by atoms with Crippen molar-refractivity contribution in [2.75, 3.05) is 32.2 Å². The Bertz CT molecular complexity index is 920. The predicted octanol–water partition coefficient (Wildman–Crippen LogP) is 2.55. The summed E-state index contributed by atoms with van der Waals surface area (Å²) in [5.41, 5.74) is 1.12. The molecule has 0 N–H and O–H groups in total.